The van der Waals surface area contributed by atoms with E-state index in [4.69, 9.17) is 10.5 Å². The Kier molecular flexibility index (Phi) is 2.90. The SMILES string of the molecule is CN=C=C(C#N)C#N. The summed E-state index contributed by atoms with van der Waals surface area (Å²) in [6, 6.07) is 3.21. The van der Waals surface area contributed by atoms with E-state index in [9.17, 15) is 0 Å². The first-order chi connectivity index (χ1) is 3.85. The fourth-order valence-electron chi connectivity index (χ4n) is 0.187. The lowest BCUT2D eigenvalue weighted by Crippen LogP contribution is -1.69. The van der Waals surface area contributed by atoms with Crippen molar-refractivity contribution in [2.24, 2.45) is 4.99 Å². The highest BCUT2D eigenvalue weighted by Crippen LogP contribution is 1.76. The molecule has 0 aromatic heterocycles. The Hall–Kier alpha value is -1.57. The Morgan fingerprint density at radius 1 is 1.38 bits per heavy atom. The molecule has 0 aliphatic carbocycles. The highest BCUT2D eigenvalue weighted by molar-refractivity contribution is 5.68. The molecule has 0 spiro atoms. The van der Waals surface area contributed by atoms with Crippen LogP contribution in [0.5, 0.6) is 0 Å². The zero-order valence-electron chi connectivity index (χ0n) is 4.34. The van der Waals surface area contributed by atoms with Gasteiger partial charge in [0, 0.05) is 12.9 Å². The van der Waals surface area contributed by atoms with Crippen molar-refractivity contribution in [1.29, 1.82) is 10.5 Å². The minimum Gasteiger partial charge on any atom is -0.245 e. The average Bonchev–Trinajstić information content (AvgIpc) is 1.83. The van der Waals surface area contributed by atoms with E-state index in [1.54, 1.807) is 12.1 Å². The van der Waals surface area contributed by atoms with Gasteiger partial charge in [-0.1, -0.05) is 0 Å². The molecular formula is C5H3N3. The van der Waals surface area contributed by atoms with Crippen LogP contribution in [0.1, 0.15) is 0 Å². The third kappa shape index (κ3) is 1.77. The van der Waals surface area contributed by atoms with Gasteiger partial charge in [0.2, 0.25) is 0 Å². The van der Waals surface area contributed by atoms with Crippen molar-refractivity contribution >= 4 is 5.87 Å². The summed E-state index contributed by atoms with van der Waals surface area (Å²) in [7, 11) is 1.45. The fraction of sp³-hybridized carbons (Fsp3) is 0.200. The average molecular weight is 105 g/mol. The van der Waals surface area contributed by atoms with E-state index in [0.29, 0.717) is 0 Å². The van der Waals surface area contributed by atoms with E-state index in [1.165, 1.54) is 7.05 Å². The summed E-state index contributed by atoms with van der Waals surface area (Å²) in [5.74, 6) is 2.20. The number of allylic oxidation sites excluding steroid dienone is 1. The summed E-state index contributed by atoms with van der Waals surface area (Å²) >= 11 is 0. The number of hydrogen-bond donors (Lipinski definition) is 0. The van der Waals surface area contributed by atoms with Crippen molar-refractivity contribution in [3.63, 3.8) is 0 Å². The molecule has 0 bridgehead atoms. The van der Waals surface area contributed by atoms with Crippen LogP contribution in [0.3, 0.4) is 0 Å². The lowest BCUT2D eigenvalue weighted by Gasteiger charge is -1.63. The number of hydrogen-bond acceptors (Lipinski definition) is 3. The highest BCUT2D eigenvalue weighted by atomic mass is 14.6. The number of nitriles is 2. The lowest BCUT2D eigenvalue weighted by molar-refractivity contribution is 1.45. The second kappa shape index (κ2) is 3.61. The van der Waals surface area contributed by atoms with Crippen LogP contribution in [0, 0.1) is 22.7 Å². The molecule has 0 fully saturated rings. The maximum absolute atomic E-state index is 8.03. The van der Waals surface area contributed by atoms with Crippen LogP contribution in [-0.4, -0.2) is 12.9 Å². The van der Waals surface area contributed by atoms with E-state index in [2.05, 4.69) is 10.9 Å². The highest BCUT2D eigenvalue weighted by Gasteiger charge is 1.83. The van der Waals surface area contributed by atoms with Gasteiger partial charge in [-0.3, -0.25) is 0 Å². The van der Waals surface area contributed by atoms with E-state index in [0.717, 1.165) is 0 Å². The third-order valence-corrected chi connectivity index (χ3v) is 0.447. The van der Waals surface area contributed by atoms with Gasteiger partial charge in [-0.05, 0) is 0 Å². The Morgan fingerprint density at radius 3 is 2.00 bits per heavy atom. The molecule has 0 heterocycles. The van der Waals surface area contributed by atoms with Crippen LogP contribution in [0.4, 0.5) is 0 Å². The van der Waals surface area contributed by atoms with E-state index >= 15 is 0 Å². The maximum atomic E-state index is 8.03. The summed E-state index contributed by atoms with van der Waals surface area (Å²) in [5.41, 5.74) is -0.0903. The summed E-state index contributed by atoms with van der Waals surface area (Å²) < 4.78 is 0. The van der Waals surface area contributed by atoms with Crippen LogP contribution in [0.15, 0.2) is 10.6 Å². The normalized spacial score (nSPS) is 5.38. The van der Waals surface area contributed by atoms with Gasteiger partial charge in [0.05, 0.1) is 0 Å². The van der Waals surface area contributed by atoms with Gasteiger partial charge in [0.15, 0.2) is 5.57 Å². The van der Waals surface area contributed by atoms with Gasteiger partial charge in [-0.15, -0.1) is 0 Å². The molecule has 3 heteroatoms. The fourth-order valence-corrected chi connectivity index (χ4v) is 0.187. The van der Waals surface area contributed by atoms with E-state index < -0.39 is 0 Å². The van der Waals surface area contributed by atoms with Gasteiger partial charge < -0.3 is 0 Å². The van der Waals surface area contributed by atoms with Crippen LogP contribution in [0.25, 0.3) is 0 Å². The van der Waals surface area contributed by atoms with Gasteiger partial charge in [0.1, 0.15) is 12.1 Å². The first-order valence-corrected chi connectivity index (χ1v) is 1.87. The molecule has 0 amide bonds. The molecule has 0 N–H and O–H groups in total. The van der Waals surface area contributed by atoms with Crippen LogP contribution < -0.4 is 0 Å². The molecule has 0 saturated carbocycles. The van der Waals surface area contributed by atoms with Gasteiger partial charge in [-0.25, -0.2) is 4.99 Å². The summed E-state index contributed by atoms with van der Waals surface area (Å²) in [5, 5.41) is 16.1. The molecule has 0 rings (SSSR count). The zero-order chi connectivity index (χ0) is 6.41. The molecule has 38 valence electrons. The van der Waals surface area contributed by atoms with Crippen molar-refractivity contribution in [2.75, 3.05) is 7.05 Å². The van der Waals surface area contributed by atoms with E-state index in [-0.39, 0.29) is 5.57 Å². The molecule has 0 saturated heterocycles. The summed E-state index contributed by atoms with van der Waals surface area (Å²) in [6.45, 7) is 0. The van der Waals surface area contributed by atoms with Crippen molar-refractivity contribution in [2.45, 2.75) is 0 Å². The number of aliphatic imine (C=N–C) groups is 1. The van der Waals surface area contributed by atoms with Crippen LogP contribution in [0.2, 0.25) is 0 Å². The van der Waals surface area contributed by atoms with Crippen molar-refractivity contribution in [3.05, 3.63) is 5.57 Å². The third-order valence-electron chi connectivity index (χ3n) is 0.447. The Morgan fingerprint density at radius 2 is 1.88 bits per heavy atom. The molecule has 0 aliphatic rings. The molecule has 0 aliphatic heterocycles. The minimum atomic E-state index is -0.0903. The molecule has 3 nitrogen and oxygen atoms in total. The first kappa shape index (κ1) is 6.43. The molecule has 0 unspecified atom stereocenters. The van der Waals surface area contributed by atoms with Crippen molar-refractivity contribution in [1.82, 2.24) is 0 Å². The molecule has 0 aromatic carbocycles. The minimum absolute atomic E-state index is 0.0903. The van der Waals surface area contributed by atoms with Crippen molar-refractivity contribution < 1.29 is 0 Å². The predicted octanol–water partition coefficient (Wildman–Crippen LogP) is 0.259. The largest absolute Gasteiger partial charge is 0.245 e. The van der Waals surface area contributed by atoms with Gasteiger partial charge >= 0.3 is 0 Å². The monoisotopic (exact) mass is 105 g/mol. The second-order valence-corrected chi connectivity index (χ2v) is 0.934. The smallest absolute Gasteiger partial charge is 0.190 e. The van der Waals surface area contributed by atoms with Crippen molar-refractivity contribution in [3.8, 4) is 12.1 Å². The quantitative estimate of drug-likeness (QED) is 0.327. The Labute approximate surface area is 47.2 Å². The number of rotatable bonds is 0. The number of nitrogens with zero attached hydrogens (tertiary/aromatic N) is 3. The standard InChI is InChI=1S/C5H3N3/c1-8-4-5(2-6)3-7/h1H3. The summed E-state index contributed by atoms with van der Waals surface area (Å²) in [4.78, 5) is 3.35. The Balaban J connectivity index is 4.48. The molecule has 0 aromatic rings. The molecular weight excluding hydrogens is 102 g/mol. The molecule has 8 heavy (non-hydrogen) atoms. The second-order valence-electron chi connectivity index (χ2n) is 0.934. The summed E-state index contributed by atoms with van der Waals surface area (Å²) in [6.07, 6.45) is 0. The Bertz CT molecular complexity index is 191. The van der Waals surface area contributed by atoms with E-state index in [1.807, 2.05) is 0 Å². The van der Waals surface area contributed by atoms with Gasteiger partial charge in [-0.2, -0.15) is 10.5 Å². The predicted molar refractivity (Wildman–Crippen MR) is 28.1 cm³/mol. The van der Waals surface area contributed by atoms with Crippen LogP contribution in [-0.2, 0) is 0 Å². The molecule has 0 atom stereocenters. The maximum Gasteiger partial charge on any atom is 0.190 e. The topological polar surface area (TPSA) is 59.9 Å². The van der Waals surface area contributed by atoms with Gasteiger partial charge in [0.25, 0.3) is 0 Å². The van der Waals surface area contributed by atoms with Crippen LogP contribution >= 0.6 is 0 Å². The lowest BCUT2D eigenvalue weighted by atomic mass is 10.4. The molecule has 0 radical (unpaired) electrons. The first-order valence-electron chi connectivity index (χ1n) is 1.87. The zero-order valence-corrected chi connectivity index (χ0v) is 4.34.